The van der Waals surface area contributed by atoms with Gasteiger partial charge in [-0.3, -0.25) is 19.3 Å². The predicted molar refractivity (Wildman–Crippen MR) is 106 cm³/mol. The van der Waals surface area contributed by atoms with Gasteiger partial charge in [0.1, 0.15) is 6.54 Å². The quantitative estimate of drug-likeness (QED) is 0.770. The number of hydrogen-bond donors (Lipinski definition) is 1. The highest BCUT2D eigenvalue weighted by molar-refractivity contribution is 6.43. The minimum absolute atomic E-state index is 0.147. The molecule has 140 valence electrons. The summed E-state index contributed by atoms with van der Waals surface area (Å²) in [5.41, 5.74) is 1.82. The average Bonchev–Trinajstić information content (AvgIpc) is 2.86. The molecule has 0 aromatic heterocycles. The highest BCUT2D eigenvalue weighted by Crippen LogP contribution is 2.31. The van der Waals surface area contributed by atoms with Crippen molar-refractivity contribution in [3.05, 3.63) is 57.6 Å². The van der Waals surface area contributed by atoms with E-state index in [4.69, 9.17) is 23.2 Å². The van der Waals surface area contributed by atoms with Gasteiger partial charge in [-0.15, -0.1) is 0 Å². The number of benzene rings is 2. The number of halogens is 2. The molecule has 0 saturated heterocycles. The van der Waals surface area contributed by atoms with Crippen LogP contribution in [0.3, 0.4) is 0 Å². The molecule has 0 aliphatic carbocycles. The molecule has 0 spiro atoms. The Morgan fingerprint density at radius 2 is 1.67 bits per heavy atom. The summed E-state index contributed by atoms with van der Waals surface area (Å²) >= 11 is 11.8. The second-order valence-electron chi connectivity index (χ2n) is 6.12. The molecule has 3 amide bonds. The van der Waals surface area contributed by atoms with Gasteiger partial charge in [0, 0.05) is 25.0 Å². The van der Waals surface area contributed by atoms with E-state index in [1.807, 2.05) is 37.1 Å². The van der Waals surface area contributed by atoms with Crippen LogP contribution in [0.1, 0.15) is 27.6 Å². The minimum Gasteiger partial charge on any atom is -0.375 e. The molecule has 0 atom stereocenters. The third-order valence-corrected chi connectivity index (χ3v) is 5.08. The zero-order valence-electron chi connectivity index (χ0n) is 14.8. The van der Waals surface area contributed by atoms with Gasteiger partial charge in [0.2, 0.25) is 5.91 Å². The van der Waals surface area contributed by atoms with Crippen molar-refractivity contribution in [1.82, 2.24) is 4.90 Å². The van der Waals surface area contributed by atoms with E-state index >= 15 is 0 Å². The fourth-order valence-corrected chi connectivity index (χ4v) is 3.10. The number of carbonyl (C=O) groups excluding carboxylic acids is 3. The first-order valence-corrected chi connectivity index (χ1v) is 9.03. The first kappa shape index (κ1) is 19.2. The maximum absolute atomic E-state index is 12.5. The molecule has 0 unspecified atom stereocenters. The molecule has 8 heteroatoms. The number of carbonyl (C=O) groups is 3. The van der Waals surface area contributed by atoms with Gasteiger partial charge in [0.15, 0.2) is 0 Å². The third-order valence-electron chi connectivity index (χ3n) is 4.36. The molecule has 2 aromatic carbocycles. The van der Waals surface area contributed by atoms with E-state index in [1.165, 1.54) is 12.1 Å². The summed E-state index contributed by atoms with van der Waals surface area (Å²) in [7, 11) is 1.94. The van der Waals surface area contributed by atoms with Gasteiger partial charge in [-0.2, -0.15) is 0 Å². The molecule has 0 saturated carbocycles. The van der Waals surface area contributed by atoms with Crippen LogP contribution in [0.15, 0.2) is 36.4 Å². The van der Waals surface area contributed by atoms with Crippen LogP contribution in [0.25, 0.3) is 0 Å². The van der Waals surface area contributed by atoms with E-state index in [9.17, 15) is 14.4 Å². The van der Waals surface area contributed by atoms with E-state index in [0.717, 1.165) is 17.1 Å². The molecule has 1 aliphatic heterocycles. The highest BCUT2D eigenvalue weighted by atomic mass is 35.5. The van der Waals surface area contributed by atoms with Crippen molar-refractivity contribution in [2.24, 2.45) is 0 Å². The number of nitrogens with zero attached hydrogens (tertiary/aromatic N) is 2. The lowest BCUT2D eigenvalue weighted by atomic mass is 10.1. The molecule has 0 bridgehead atoms. The Kier molecular flexibility index (Phi) is 5.39. The van der Waals surface area contributed by atoms with Crippen LogP contribution < -0.4 is 10.2 Å². The monoisotopic (exact) mass is 405 g/mol. The Morgan fingerprint density at radius 3 is 2.22 bits per heavy atom. The van der Waals surface area contributed by atoms with E-state index in [0.29, 0.717) is 5.69 Å². The molecule has 27 heavy (non-hydrogen) atoms. The number of hydrogen-bond acceptors (Lipinski definition) is 4. The average molecular weight is 406 g/mol. The fraction of sp³-hybridized carbons (Fsp3) is 0.211. The number of imide groups is 1. The van der Waals surface area contributed by atoms with Gasteiger partial charge >= 0.3 is 0 Å². The van der Waals surface area contributed by atoms with E-state index < -0.39 is 24.3 Å². The van der Waals surface area contributed by atoms with Gasteiger partial charge in [-0.1, -0.05) is 29.3 Å². The second kappa shape index (κ2) is 7.58. The minimum atomic E-state index is -0.566. The molecule has 3 rings (SSSR count). The highest BCUT2D eigenvalue weighted by Gasteiger charge is 2.37. The van der Waals surface area contributed by atoms with Crippen molar-refractivity contribution >= 4 is 52.3 Å². The van der Waals surface area contributed by atoms with Crippen LogP contribution in [0.4, 0.5) is 11.4 Å². The lowest BCUT2D eigenvalue weighted by Crippen LogP contribution is -2.37. The number of anilines is 2. The number of rotatable bonds is 5. The van der Waals surface area contributed by atoms with Gasteiger partial charge < -0.3 is 10.2 Å². The van der Waals surface area contributed by atoms with E-state index in [-0.39, 0.29) is 21.2 Å². The van der Waals surface area contributed by atoms with Crippen LogP contribution in [0, 0.1) is 0 Å². The normalized spacial score (nSPS) is 13.0. The lowest BCUT2D eigenvalue weighted by Gasteiger charge is -2.18. The van der Waals surface area contributed by atoms with Gasteiger partial charge in [-0.25, -0.2) is 0 Å². The predicted octanol–water partition coefficient (Wildman–Crippen LogP) is 3.68. The largest absolute Gasteiger partial charge is 0.375 e. The van der Waals surface area contributed by atoms with Crippen molar-refractivity contribution in [3.8, 4) is 0 Å². The van der Waals surface area contributed by atoms with Crippen LogP contribution in [-0.2, 0) is 4.79 Å². The van der Waals surface area contributed by atoms with Crippen LogP contribution >= 0.6 is 23.2 Å². The summed E-state index contributed by atoms with van der Waals surface area (Å²) in [4.78, 5) is 40.2. The lowest BCUT2D eigenvalue weighted by molar-refractivity contribution is -0.116. The Bertz CT molecular complexity index is 905. The van der Waals surface area contributed by atoms with Crippen LogP contribution in [-0.4, -0.2) is 42.8 Å². The van der Waals surface area contributed by atoms with Crippen molar-refractivity contribution in [2.75, 3.05) is 30.4 Å². The summed E-state index contributed by atoms with van der Waals surface area (Å²) in [5.74, 6) is -1.61. The van der Waals surface area contributed by atoms with Crippen LogP contribution in [0.5, 0.6) is 0 Å². The molecule has 2 aromatic rings. The molecule has 1 aliphatic rings. The molecular formula is C19H17Cl2N3O3. The number of nitrogens with one attached hydrogen (secondary N) is 1. The van der Waals surface area contributed by atoms with E-state index in [2.05, 4.69) is 5.32 Å². The summed E-state index contributed by atoms with van der Waals surface area (Å²) in [6, 6.07) is 10.0. The molecule has 6 nitrogen and oxygen atoms in total. The molecule has 1 N–H and O–H groups in total. The molecular weight excluding hydrogens is 389 g/mol. The molecule has 0 fully saturated rings. The summed E-state index contributed by atoms with van der Waals surface area (Å²) < 4.78 is 0. The second-order valence-corrected chi connectivity index (χ2v) is 6.94. The van der Waals surface area contributed by atoms with E-state index in [1.54, 1.807) is 6.07 Å². The van der Waals surface area contributed by atoms with Gasteiger partial charge in [0.05, 0.1) is 21.2 Å². The van der Waals surface area contributed by atoms with Crippen molar-refractivity contribution in [2.45, 2.75) is 6.92 Å². The SMILES string of the molecule is CCN(C)c1cccc(NC(=O)CN2C(=O)c3cc(Cl)c(Cl)cc3C2=O)c1. The maximum atomic E-state index is 12.5. The summed E-state index contributed by atoms with van der Waals surface area (Å²) in [5, 5.41) is 3.08. The Hall–Kier alpha value is -2.57. The van der Waals surface area contributed by atoms with Gasteiger partial charge in [-0.05, 0) is 37.3 Å². The standard InChI is InChI=1S/C19H17Cl2N3O3/c1-3-23(2)12-6-4-5-11(7-12)22-17(25)10-24-18(26)13-8-15(20)16(21)9-14(13)19(24)27/h4-9H,3,10H2,1-2H3,(H,22,25). The zero-order valence-corrected chi connectivity index (χ0v) is 16.3. The smallest absolute Gasteiger partial charge is 0.262 e. The maximum Gasteiger partial charge on any atom is 0.262 e. The summed E-state index contributed by atoms with van der Waals surface area (Å²) in [6.07, 6.45) is 0. The van der Waals surface area contributed by atoms with Crippen molar-refractivity contribution in [1.29, 1.82) is 0 Å². The summed E-state index contributed by atoms with van der Waals surface area (Å²) in [6.45, 7) is 2.44. The molecule has 0 radical (unpaired) electrons. The topological polar surface area (TPSA) is 69.7 Å². The van der Waals surface area contributed by atoms with Crippen LogP contribution in [0.2, 0.25) is 10.0 Å². The first-order valence-electron chi connectivity index (χ1n) is 8.28. The fourth-order valence-electron chi connectivity index (χ4n) is 2.78. The Labute approximate surface area is 166 Å². The third kappa shape index (κ3) is 3.77. The molecule has 1 heterocycles. The number of fused-ring (bicyclic) bond motifs is 1. The van der Waals surface area contributed by atoms with Gasteiger partial charge in [0.25, 0.3) is 11.8 Å². The van der Waals surface area contributed by atoms with Crippen molar-refractivity contribution < 1.29 is 14.4 Å². The van der Waals surface area contributed by atoms with Crippen molar-refractivity contribution in [3.63, 3.8) is 0 Å². The first-order chi connectivity index (χ1) is 12.8. The Balaban J connectivity index is 1.74. The Morgan fingerprint density at radius 1 is 1.07 bits per heavy atom. The zero-order chi connectivity index (χ0) is 19.7. The number of amides is 3.